The molecule has 0 unspecified atom stereocenters. The maximum absolute atomic E-state index is 13.9. The lowest BCUT2D eigenvalue weighted by Crippen LogP contribution is -2.31. The molecule has 0 saturated heterocycles. The minimum Gasteiger partial charge on any atom is -0.497 e. The van der Waals surface area contributed by atoms with E-state index >= 15 is 0 Å². The van der Waals surface area contributed by atoms with E-state index in [1.807, 2.05) is 13.0 Å². The van der Waals surface area contributed by atoms with E-state index in [1.165, 1.54) is 45.2 Å². The summed E-state index contributed by atoms with van der Waals surface area (Å²) in [5.74, 6) is 2.24. The Hall–Kier alpha value is -4.71. The molecule has 1 aliphatic heterocycles. The molecule has 1 atom stereocenters. The molecule has 0 spiro atoms. The molecule has 0 radical (unpaired) electrons. The zero-order valence-electron chi connectivity index (χ0n) is 23.7. The molecule has 0 aliphatic carbocycles. The Morgan fingerprint density at radius 2 is 1.71 bits per heavy atom. The first kappa shape index (κ1) is 28.8. The summed E-state index contributed by atoms with van der Waals surface area (Å²) in [5, 5.41) is 11.4. The van der Waals surface area contributed by atoms with Gasteiger partial charge in [0.2, 0.25) is 16.9 Å². The van der Waals surface area contributed by atoms with Crippen LogP contribution in [0.5, 0.6) is 23.0 Å². The van der Waals surface area contributed by atoms with Gasteiger partial charge in [-0.05, 0) is 66.6 Å². The smallest absolute Gasteiger partial charge is 0.255 e. The summed E-state index contributed by atoms with van der Waals surface area (Å²) in [6, 6.07) is 16.3. The normalized spacial score (nSPS) is 14.1. The fraction of sp³-hybridized carbons (Fsp3) is 0.233. The van der Waals surface area contributed by atoms with Crippen LogP contribution >= 0.6 is 11.8 Å². The Bertz CT molecular complexity index is 1610. The third-order valence-corrected chi connectivity index (χ3v) is 7.59. The second-order valence-corrected chi connectivity index (χ2v) is 10.2. The van der Waals surface area contributed by atoms with E-state index in [1.54, 1.807) is 54.3 Å². The summed E-state index contributed by atoms with van der Waals surface area (Å²) < 4.78 is 37.4. The van der Waals surface area contributed by atoms with Gasteiger partial charge in [0.1, 0.15) is 17.6 Å². The largest absolute Gasteiger partial charge is 0.497 e. The van der Waals surface area contributed by atoms with E-state index < -0.39 is 6.04 Å². The van der Waals surface area contributed by atoms with Crippen molar-refractivity contribution in [2.45, 2.75) is 23.9 Å². The Labute approximate surface area is 246 Å². The molecule has 12 heteroatoms. The van der Waals surface area contributed by atoms with Crippen LogP contribution < -0.4 is 29.6 Å². The SMILES string of the molecule is COc1ccc(NC(=O)C2=C(C)Nc3nc(SCc4cccc(F)c4)nn3[C@H]2c2cc(OC)c(OC)c(OC)c2)cc1. The first-order valence-corrected chi connectivity index (χ1v) is 13.9. The summed E-state index contributed by atoms with van der Waals surface area (Å²) in [4.78, 5) is 18.6. The number of carbonyl (C=O) groups is 1. The van der Waals surface area contributed by atoms with Gasteiger partial charge in [0, 0.05) is 17.1 Å². The van der Waals surface area contributed by atoms with Crippen molar-refractivity contribution in [2.75, 3.05) is 39.1 Å². The lowest BCUT2D eigenvalue weighted by atomic mass is 9.94. The van der Waals surface area contributed by atoms with Crippen molar-refractivity contribution in [2.24, 2.45) is 0 Å². The first-order chi connectivity index (χ1) is 20.3. The molecule has 2 heterocycles. The Morgan fingerprint density at radius 1 is 1.00 bits per heavy atom. The number of thioether (sulfide) groups is 1. The van der Waals surface area contributed by atoms with Gasteiger partial charge in [-0.25, -0.2) is 9.07 Å². The number of methoxy groups -OCH3 is 4. The number of halogens is 1. The van der Waals surface area contributed by atoms with Crippen molar-refractivity contribution in [1.82, 2.24) is 14.8 Å². The number of amides is 1. The second kappa shape index (κ2) is 12.4. The highest BCUT2D eigenvalue weighted by Crippen LogP contribution is 2.44. The number of ether oxygens (including phenoxy) is 4. The van der Waals surface area contributed by atoms with Crippen molar-refractivity contribution in [3.8, 4) is 23.0 Å². The molecule has 218 valence electrons. The van der Waals surface area contributed by atoms with Gasteiger partial charge >= 0.3 is 0 Å². The van der Waals surface area contributed by atoms with Crippen LogP contribution in [0.4, 0.5) is 16.0 Å². The van der Waals surface area contributed by atoms with Crippen LogP contribution in [0.15, 0.2) is 77.1 Å². The summed E-state index contributed by atoms with van der Waals surface area (Å²) in [6.07, 6.45) is 0. The van der Waals surface area contributed by atoms with Crippen molar-refractivity contribution in [1.29, 1.82) is 0 Å². The zero-order valence-corrected chi connectivity index (χ0v) is 24.5. The van der Waals surface area contributed by atoms with E-state index in [-0.39, 0.29) is 11.7 Å². The van der Waals surface area contributed by atoms with Gasteiger partial charge < -0.3 is 29.6 Å². The molecule has 0 fully saturated rings. The van der Waals surface area contributed by atoms with Crippen molar-refractivity contribution in [3.63, 3.8) is 0 Å². The zero-order chi connectivity index (χ0) is 29.8. The average Bonchev–Trinajstić information content (AvgIpc) is 3.41. The van der Waals surface area contributed by atoms with Crippen LogP contribution in [0.25, 0.3) is 0 Å². The molecule has 1 aliphatic rings. The van der Waals surface area contributed by atoms with Crippen molar-refractivity contribution >= 4 is 29.3 Å². The third kappa shape index (κ3) is 5.84. The van der Waals surface area contributed by atoms with Gasteiger partial charge in [-0.2, -0.15) is 4.98 Å². The van der Waals surface area contributed by atoms with Gasteiger partial charge in [0.15, 0.2) is 11.5 Å². The number of benzene rings is 3. The molecule has 10 nitrogen and oxygen atoms in total. The number of hydrogen-bond acceptors (Lipinski definition) is 9. The molecule has 0 bridgehead atoms. The molecule has 1 amide bonds. The summed E-state index contributed by atoms with van der Waals surface area (Å²) >= 11 is 1.36. The molecule has 3 aromatic carbocycles. The molecule has 0 saturated carbocycles. The molecular weight excluding hydrogens is 561 g/mol. The third-order valence-electron chi connectivity index (χ3n) is 6.69. The average molecular weight is 592 g/mol. The number of fused-ring (bicyclic) bond motifs is 1. The highest BCUT2D eigenvalue weighted by atomic mass is 32.2. The minimum atomic E-state index is -0.704. The molecule has 4 aromatic rings. The number of aromatic nitrogens is 3. The summed E-state index contributed by atoms with van der Waals surface area (Å²) in [5.41, 5.74) is 3.08. The summed E-state index contributed by atoms with van der Waals surface area (Å²) in [7, 11) is 6.17. The Kier molecular flexibility index (Phi) is 8.53. The fourth-order valence-electron chi connectivity index (χ4n) is 4.70. The van der Waals surface area contributed by atoms with Crippen LogP contribution in [-0.4, -0.2) is 49.1 Å². The van der Waals surface area contributed by atoms with Gasteiger partial charge in [-0.15, -0.1) is 5.10 Å². The van der Waals surface area contributed by atoms with E-state index in [0.717, 1.165) is 5.56 Å². The van der Waals surface area contributed by atoms with Crippen LogP contribution in [0, 0.1) is 5.82 Å². The lowest BCUT2D eigenvalue weighted by Gasteiger charge is -2.29. The predicted octanol–water partition coefficient (Wildman–Crippen LogP) is 5.67. The minimum absolute atomic E-state index is 0.304. The Balaban J connectivity index is 1.56. The predicted molar refractivity (Wildman–Crippen MR) is 158 cm³/mol. The molecule has 1 aromatic heterocycles. The highest BCUT2D eigenvalue weighted by molar-refractivity contribution is 7.98. The van der Waals surface area contributed by atoms with Gasteiger partial charge in [-0.1, -0.05) is 23.9 Å². The maximum Gasteiger partial charge on any atom is 0.255 e. The van der Waals surface area contributed by atoms with E-state index in [4.69, 9.17) is 24.0 Å². The summed E-state index contributed by atoms with van der Waals surface area (Å²) in [6.45, 7) is 1.81. The van der Waals surface area contributed by atoms with Crippen LogP contribution in [-0.2, 0) is 10.5 Å². The van der Waals surface area contributed by atoms with Crippen LogP contribution in [0.1, 0.15) is 24.1 Å². The van der Waals surface area contributed by atoms with Gasteiger partial charge in [-0.3, -0.25) is 4.79 Å². The number of hydrogen-bond donors (Lipinski definition) is 2. The van der Waals surface area contributed by atoms with Gasteiger partial charge in [0.25, 0.3) is 5.91 Å². The number of nitrogens with zero attached hydrogens (tertiary/aromatic N) is 3. The number of carbonyl (C=O) groups excluding carboxylic acids is 1. The quantitative estimate of drug-likeness (QED) is 0.226. The molecule has 5 rings (SSSR count). The standard InChI is InChI=1S/C30H30FN5O5S/c1-17-25(28(37)33-21-9-11-22(38-2)12-10-21)26(19-14-23(39-3)27(41-5)24(15-19)40-4)36-29(32-17)34-30(35-36)42-16-18-7-6-8-20(31)13-18/h6-15,26H,16H2,1-5H3,(H,33,37)(H,32,34,35)/t26-/m0/s1. The maximum atomic E-state index is 13.9. The number of rotatable bonds is 10. The second-order valence-electron chi connectivity index (χ2n) is 9.29. The molecule has 2 N–H and O–H groups in total. The fourth-order valence-corrected chi connectivity index (χ4v) is 5.47. The topological polar surface area (TPSA) is 109 Å². The van der Waals surface area contributed by atoms with E-state index in [0.29, 0.717) is 62.4 Å². The van der Waals surface area contributed by atoms with E-state index in [2.05, 4.69) is 15.6 Å². The number of anilines is 2. The number of allylic oxidation sites excluding steroid dienone is 1. The highest BCUT2D eigenvalue weighted by Gasteiger charge is 2.35. The Morgan fingerprint density at radius 3 is 2.33 bits per heavy atom. The van der Waals surface area contributed by atoms with Gasteiger partial charge in [0.05, 0.1) is 34.0 Å². The monoisotopic (exact) mass is 591 g/mol. The first-order valence-electron chi connectivity index (χ1n) is 12.9. The van der Waals surface area contributed by atoms with Crippen LogP contribution in [0.2, 0.25) is 0 Å². The molecule has 42 heavy (non-hydrogen) atoms. The van der Waals surface area contributed by atoms with Crippen LogP contribution in [0.3, 0.4) is 0 Å². The van der Waals surface area contributed by atoms with Crippen molar-refractivity contribution in [3.05, 3.63) is 88.9 Å². The molecular formula is C30H30FN5O5S. The lowest BCUT2D eigenvalue weighted by molar-refractivity contribution is -0.113. The van der Waals surface area contributed by atoms with Crippen molar-refractivity contribution < 1.29 is 28.1 Å². The van der Waals surface area contributed by atoms with E-state index in [9.17, 15) is 9.18 Å². The number of nitrogens with one attached hydrogen (secondary N) is 2.